The molecule has 2 fully saturated rings. The summed E-state index contributed by atoms with van der Waals surface area (Å²) in [6.45, 7) is 5.55. The van der Waals surface area contributed by atoms with Crippen LogP contribution in [0.25, 0.3) is 0 Å². The molecule has 0 aromatic rings. The van der Waals surface area contributed by atoms with Gasteiger partial charge in [0.05, 0.1) is 0 Å². The molecule has 1 saturated carbocycles. The fourth-order valence-electron chi connectivity index (χ4n) is 2.90. The third-order valence-electron chi connectivity index (χ3n) is 4.14. The molecule has 5 nitrogen and oxygen atoms in total. The van der Waals surface area contributed by atoms with Gasteiger partial charge in [0.25, 0.3) is 0 Å². The lowest BCUT2D eigenvalue weighted by Gasteiger charge is -2.36. The molecule has 0 aromatic heterocycles. The minimum atomic E-state index is -0.412. The first-order valence-electron chi connectivity index (χ1n) is 7.13. The van der Waals surface area contributed by atoms with E-state index in [9.17, 15) is 14.4 Å². The summed E-state index contributed by atoms with van der Waals surface area (Å²) in [6.07, 6.45) is 3.29. The van der Waals surface area contributed by atoms with Gasteiger partial charge in [0.1, 0.15) is 5.78 Å². The average molecular weight is 266 g/mol. The van der Waals surface area contributed by atoms with Crippen LogP contribution in [0, 0.1) is 5.92 Å². The van der Waals surface area contributed by atoms with E-state index in [1.165, 1.54) is 0 Å². The third kappa shape index (κ3) is 2.96. The molecule has 1 atom stereocenters. The van der Waals surface area contributed by atoms with E-state index in [4.69, 9.17) is 0 Å². The van der Waals surface area contributed by atoms with Crippen molar-refractivity contribution in [1.82, 2.24) is 9.80 Å². The Bertz CT molecular complexity index is 392. The number of piperazine rings is 1. The summed E-state index contributed by atoms with van der Waals surface area (Å²) >= 11 is 0. The summed E-state index contributed by atoms with van der Waals surface area (Å²) < 4.78 is 0. The summed E-state index contributed by atoms with van der Waals surface area (Å²) in [4.78, 5) is 38.7. The van der Waals surface area contributed by atoms with Crippen LogP contribution in [0.1, 0.15) is 39.5 Å². The number of nitrogens with zero attached hydrogens (tertiary/aromatic N) is 2. The quantitative estimate of drug-likeness (QED) is 0.708. The highest BCUT2D eigenvalue weighted by Crippen LogP contribution is 2.24. The first-order valence-corrected chi connectivity index (χ1v) is 7.13. The second-order valence-electron chi connectivity index (χ2n) is 5.73. The average Bonchev–Trinajstić information content (AvgIpc) is 2.76. The van der Waals surface area contributed by atoms with E-state index in [1.807, 2.05) is 13.8 Å². The lowest BCUT2D eigenvalue weighted by Crippen LogP contribution is -2.56. The van der Waals surface area contributed by atoms with Crippen LogP contribution < -0.4 is 0 Å². The zero-order valence-corrected chi connectivity index (χ0v) is 11.7. The normalized spacial score (nSPS) is 24.8. The van der Waals surface area contributed by atoms with Crippen LogP contribution >= 0.6 is 0 Å². The largest absolute Gasteiger partial charge is 0.333 e. The third-order valence-corrected chi connectivity index (χ3v) is 4.14. The predicted octanol–water partition coefficient (Wildman–Crippen LogP) is 0.825. The fourth-order valence-corrected chi connectivity index (χ4v) is 2.90. The maximum atomic E-state index is 12.0. The molecule has 106 valence electrons. The topological polar surface area (TPSA) is 57.7 Å². The van der Waals surface area contributed by atoms with Crippen LogP contribution in [-0.4, -0.2) is 53.1 Å². The van der Waals surface area contributed by atoms with Crippen molar-refractivity contribution in [2.45, 2.75) is 45.6 Å². The minimum Gasteiger partial charge on any atom is -0.333 e. The zero-order valence-electron chi connectivity index (χ0n) is 11.7. The zero-order chi connectivity index (χ0) is 14.0. The molecule has 0 N–H and O–H groups in total. The standard InChI is InChI=1S/C14H22N2O3/c1-10(2)16-9-8-15(13(18)14(16)19)7-6-11-4-3-5-12(11)17/h10-11H,3-9H2,1-2H3. The van der Waals surface area contributed by atoms with E-state index in [0.29, 0.717) is 38.3 Å². The van der Waals surface area contributed by atoms with Crippen molar-refractivity contribution in [3.63, 3.8) is 0 Å². The van der Waals surface area contributed by atoms with Crippen LogP contribution in [0.5, 0.6) is 0 Å². The van der Waals surface area contributed by atoms with E-state index in [2.05, 4.69) is 0 Å². The SMILES string of the molecule is CC(C)N1CCN(CCC2CCCC2=O)C(=O)C1=O. The molecule has 0 bridgehead atoms. The second kappa shape index (κ2) is 5.72. The Morgan fingerprint density at radius 3 is 2.47 bits per heavy atom. The van der Waals surface area contributed by atoms with Crippen molar-refractivity contribution in [1.29, 1.82) is 0 Å². The molecule has 1 aliphatic heterocycles. The minimum absolute atomic E-state index is 0.0648. The molecular weight excluding hydrogens is 244 g/mol. The van der Waals surface area contributed by atoms with E-state index < -0.39 is 11.8 Å². The maximum Gasteiger partial charge on any atom is 0.312 e. The van der Waals surface area contributed by atoms with E-state index in [1.54, 1.807) is 9.80 Å². The molecule has 1 unspecified atom stereocenters. The lowest BCUT2D eigenvalue weighted by atomic mass is 10.0. The Hall–Kier alpha value is -1.39. The van der Waals surface area contributed by atoms with Gasteiger partial charge in [-0.3, -0.25) is 14.4 Å². The number of amides is 2. The lowest BCUT2D eigenvalue weighted by molar-refractivity contribution is -0.157. The molecule has 0 radical (unpaired) electrons. The highest BCUT2D eigenvalue weighted by atomic mass is 16.2. The van der Waals surface area contributed by atoms with Crippen molar-refractivity contribution >= 4 is 17.6 Å². The van der Waals surface area contributed by atoms with Crippen molar-refractivity contribution < 1.29 is 14.4 Å². The van der Waals surface area contributed by atoms with Gasteiger partial charge < -0.3 is 9.80 Å². The highest BCUT2D eigenvalue weighted by Gasteiger charge is 2.34. The van der Waals surface area contributed by atoms with Gasteiger partial charge in [0.15, 0.2) is 0 Å². The number of hydrogen-bond acceptors (Lipinski definition) is 3. The summed E-state index contributed by atoms with van der Waals surface area (Å²) in [5.41, 5.74) is 0. The molecule has 0 spiro atoms. The van der Waals surface area contributed by atoms with Crippen LogP contribution in [0.4, 0.5) is 0 Å². The molecule has 5 heteroatoms. The van der Waals surface area contributed by atoms with Crippen LogP contribution in [-0.2, 0) is 14.4 Å². The monoisotopic (exact) mass is 266 g/mol. The van der Waals surface area contributed by atoms with Crippen LogP contribution in [0.15, 0.2) is 0 Å². The summed E-state index contributed by atoms with van der Waals surface area (Å²) in [5, 5.41) is 0. The molecule has 1 aliphatic carbocycles. The van der Waals surface area contributed by atoms with E-state index >= 15 is 0 Å². The number of carbonyl (C=O) groups excluding carboxylic acids is 3. The maximum absolute atomic E-state index is 12.0. The van der Waals surface area contributed by atoms with Crippen LogP contribution in [0.3, 0.4) is 0 Å². The van der Waals surface area contributed by atoms with Gasteiger partial charge in [0.2, 0.25) is 0 Å². The Morgan fingerprint density at radius 1 is 1.16 bits per heavy atom. The van der Waals surface area contributed by atoms with Gasteiger partial charge in [0, 0.05) is 38.0 Å². The molecule has 0 aromatic carbocycles. The molecule has 19 heavy (non-hydrogen) atoms. The summed E-state index contributed by atoms with van der Waals surface area (Å²) in [6, 6.07) is 0.0648. The number of hydrogen-bond donors (Lipinski definition) is 0. The van der Waals surface area contributed by atoms with E-state index in [0.717, 1.165) is 12.8 Å². The molecule has 2 aliphatic rings. The van der Waals surface area contributed by atoms with Gasteiger partial charge >= 0.3 is 11.8 Å². The Labute approximate surface area is 113 Å². The van der Waals surface area contributed by atoms with Crippen molar-refractivity contribution in [3.05, 3.63) is 0 Å². The first-order chi connectivity index (χ1) is 9.00. The summed E-state index contributed by atoms with van der Waals surface area (Å²) in [7, 11) is 0. The van der Waals surface area contributed by atoms with Crippen LogP contribution in [0.2, 0.25) is 0 Å². The van der Waals surface area contributed by atoms with Crippen molar-refractivity contribution in [3.8, 4) is 0 Å². The predicted molar refractivity (Wildman–Crippen MR) is 70.4 cm³/mol. The molecule has 1 heterocycles. The van der Waals surface area contributed by atoms with Gasteiger partial charge in [-0.05, 0) is 33.1 Å². The number of carbonyl (C=O) groups is 3. The fraction of sp³-hybridized carbons (Fsp3) is 0.786. The smallest absolute Gasteiger partial charge is 0.312 e. The summed E-state index contributed by atoms with van der Waals surface area (Å²) in [5.74, 6) is -0.394. The molecule has 1 saturated heterocycles. The van der Waals surface area contributed by atoms with E-state index in [-0.39, 0.29) is 12.0 Å². The Morgan fingerprint density at radius 2 is 1.89 bits per heavy atom. The number of Topliss-reactive ketones (excluding diaryl/α,β-unsaturated/α-hetero) is 1. The van der Waals surface area contributed by atoms with Crippen molar-refractivity contribution in [2.75, 3.05) is 19.6 Å². The molecule has 2 rings (SSSR count). The second-order valence-corrected chi connectivity index (χ2v) is 5.73. The van der Waals surface area contributed by atoms with Gasteiger partial charge in [-0.2, -0.15) is 0 Å². The Kier molecular flexibility index (Phi) is 4.22. The van der Waals surface area contributed by atoms with Gasteiger partial charge in [-0.1, -0.05) is 0 Å². The molecule has 2 amide bonds. The van der Waals surface area contributed by atoms with Crippen molar-refractivity contribution in [2.24, 2.45) is 5.92 Å². The highest BCUT2D eigenvalue weighted by molar-refractivity contribution is 6.35. The van der Waals surface area contributed by atoms with Gasteiger partial charge in [-0.25, -0.2) is 0 Å². The van der Waals surface area contributed by atoms with Gasteiger partial charge in [-0.15, -0.1) is 0 Å². The number of ketones is 1. The first kappa shape index (κ1) is 14.0. The molecular formula is C14H22N2O3. The Balaban J connectivity index is 1.87. The number of rotatable bonds is 4.